The molecule has 0 aliphatic rings. The molecule has 0 radical (unpaired) electrons. The summed E-state index contributed by atoms with van der Waals surface area (Å²) in [4.78, 5) is 0. The van der Waals surface area contributed by atoms with Crippen LogP contribution in [-0.2, 0) is 0 Å². The number of benzene rings is 8. The normalized spacial score (nSPS) is 11.5. The second-order valence-electron chi connectivity index (χ2n) is 10.5. The number of hydrogen-bond acceptors (Lipinski definition) is 0. The van der Waals surface area contributed by atoms with Gasteiger partial charge in [-0.15, -0.1) is 0 Å². The molecule has 198 valence electrons. The zero-order chi connectivity index (χ0) is 27.9. The molecule has 0 nitrogen and oxygen atoms in total. The monoisotopic (exact) mass is 666 g/mol. The van der Waals surface area contributed by atoms with Crippen LogP contribution in [0.25, 0.3) is 65.3 Å². The van der Waals surface area contributed by atoms with Crippen molar-refractivity contribution < 1.29 is 0 Å². The van der Waals surface area contributed by atoms with E-state index in [1.165, 1.54) is 74.3 Å². The molecule has 2 heteroatoms. The van der Waals surface area contributed by atoms with Crippen LogP contribution in [0, 0.1) is 0 Å². The van der Waals surface area contributed by atoms with Crippen molar-refractivity contribution in [3.63, 3.8) is 0 Å². The van der Waals surface area contributed by atoms with E-state index in [1.807, 2.05) is 0 Å². The summed E-state index contributed by atoms with van der Waals surface area (Å²) in [5.41, 5.74) is 5.48. The molecule has 0 amide bonds. The molecule has 0 atom stereocenters. The molecule has 0 aliphatic heterocycles. The molecule has 0 saturated carbocycles. The van der Waals surface area contributed by atoms with E-state index in [4.69, 9.17) is 0 Å². The predicted molar refractivity (Wildman–Crippen MR) is 185 cm³/mol. The van der Waals surface area contributed by atoms with E-state index >= 15 is 0 Å². The zero-order valence-electron chi connectivity index (χ0n) is 22.8. The Bertz CT molecular complexity index is 2090. The van der Waals surface area contributed by atoms with Gasteiger partial charge in [0.2, 0.25) is 0 Å². The first kappa shape index (κ1) is 25.5. The molecular weight excluding hydrogens is 638 g/mol. The van der Waals surface area contributed by atoms with Gasteiger partial charge >= 0.3 is 258 Å². The van der Waals surface area contributed by atoms with Gasteiger partial charge in [-0.3, -0.25) is 0 Å². The Morgan fingerprint density at radius 3 is 1.02 bits per heavy atom. The van der Waals surface area contributed by atoms with E-state index in [2.05, 4.69) is 158 Å². The van der Waals surface area contributed by atoms with Crippen molar-refractivity contribution in [1.82, 2.24) is 0 Å². The van der Waals surface area contributed by atoms with Gasteiger partial charge in [-0.25, -0.2) is 0 Å². The fourth-order valence-electron chi connectivity index (χ4n) is 6.17. The van der Waals surface area contributed by atoms with E-state index in [0.29, 0.717) is 0 Å². The Morgan fingerprint density at radius 1 is 0.262 bits per heavy atom. The molecule has 0 heterocycles. The second kappa shape index (κ2) is 10.9. The molecule has 0 unspecified atom stereocenters. The van der Waals surface area contributed by atoms with Gasteiger partial charge in [0.1, 0.15) is 0 Å². The first-order valence-corrected chi connectivity index (χ1v) is 20.2. The first-order valence-electron chi connectivity index (χ1n) is 14.2. The summed E-state index contributed by atoms with van der Waals surface area (Å²) in [6, 6.07) is 58.3. The van der Waals surface area contributed by atoms with Crippen LogP contribution in [-0.4, -0.2) is 26.3 Å². The molecule has 0 aromatic heterocycles. The fourth-order valence-corrected chi connectivity index (χ4v) is 13.3. The van der Waals surface area contributed by atoms with E-state index in [0.717, 1.165) is 0 Å². The average molecular weight is 665 g/mol. The molecule has 8 aromatic rings. The van der Waals surface area contributed by atoms with Gasteiger partial charge < -0.3 is 0 Å². The van der Waals surface area contributed by atoms with E-state index < -0.39 is 0 Å². The summed E-state index contributed by atoms with van der Waals surface area (Å²) in [5.74, 6) is 0. The van der Waals surface area contributed by atoms with Crippen molar-refractivity contribution >= 4 is 78.3 Å². The standard InChI is InChI=1S/C40H26Se2/c1-5-17-31-27(11-1)15-9-21-35(31)39-33-19-7-3-13-29(33)23-25-37(39)41-42-38-26-24-30-14-4-8-20-34(30)40(38)36-22-10-16-28-12-2-6-18-32(28)36/h1-26H. The molecule has 0 fully saturated rings. The number of hydrogen-bond donors (Lipinski definition) is 0. The summed E-state index contributed by atoms with van der Waals surface area (Å²) >= 11 is 0.566. The third-order valence-corrected chi connectivity index (χ3v) is 15.3. The van der Waals surface area contributed by atoms with Crippen molar-refractivity contribution in [3.05, 3.63) is 158 Å². The number of rotatable bonds is 5. The molecule has 42 heavy (non-hydrogen) atoms. The van der Waals surface area contributed by atoms with E-state index in [1.54, 1.807) is 0 Å². The summed E-state index contributed by atoms with van der Waals surface area (Å²) in [6.45, 7) is 0. The fraction of sp³-hybridized carbons (Fsp3) is 0. The quantitative estimate of drug-likeness (QED) is 0.161. The summed E-state index contributed by atoms with van der Waals surface area (Å²) in [6.07, 6.45) is 0. The molecule has 8 rings (SSSR count). The average Bonchev–Trinajstić information content (AvgIpc) is 3.06. The van der Waals surface area contributed by atoms with Gasteiger partial charge in [0.05, 0.1) is 0 Å². The Balaban J connectivity index is 1.31. The van der Waals surface area contributed by atoms with Crippen LogP contribution in [0.4, 0.5) is 0 Å². The van der Waals surface area contributed by atoms with Gasteiger partial charge in [0.25, 0.3) is 0 Å². The van der Waals surface area contributed by atoms with Crippen LogP contribution in [0.5, 0.6) is 0 Å². The maximum absolute atomic E-state index is 2.40. The Labute approximate surface area is 256 Å². The zero-order valence-corrected chi connectivity index (χ0v) is 26.3. The van der Waals surface area contributed by atoms with E-state index in [9.17, 15) is 0 Å². The van der Waals surface area contributed by atoms with E-state index in [-0.39, 0.29) is 26.3 Å². The maximum atomic E-state index is 2.40. The molecule has 0 N–H and O–H groups in total. The summed E-state index contributed by atoms with van der Waals surface area (Å²) < 4.78 is 2.96. The Morgan fingerprint density at radius 2 is 0.595 bits per heavy atom. The van der Waals surface area contributed by atoms with Crippen molar-refractivity contribution in [3.8, 4) is 22.3 Å². The molecule has 0 spiro atoms. The third-order valence-electron chi connectivity index (χ3n) is 8.12. The third kappa shape index (κ3) is 4.45. The van der Waals surface area contributed by atoms with Crippen LogP contribution in [0.1, 0.15) is 0 Å². The topological polar surface area (TPSA) is 0 Å². The van der Waals surface area contributed by atoms with Crippen molar-refractivity contribution in [2.24, 2.45) is 0 Å². The van der Waals surface area contributed by atoms with Gasteiger partial charge in [0.15, 0.2) is 0 Å². The van der Waals surface area contributed by atoms with Gasteiger partial charge in [-0.05, 0) is 0 Å². The molecular formula is C40H26Se2. The molecule has 0 aliphatic carbocycles. The van der Waals surface area contributed by atoms with Crippen LogP contribution < -0.4 is 8.92 Å². The van der Waals surface area contributed by atoms with Crippen molar-refractivity contribution in [1.29, 1.82) is 0 Å². The van der Waals surface area contributed by atoms with Gasteiger partial charge in [-0.1, -0.05) is 0 Å². The van der Waals surface area contributed by atoms with Crippen LogP contribution in [0.3, 0.4) is 0 Å². The minimum atomic E-state index is 0.283. The Hall–Kier alpha value is -4.16. The Kier molecular flexibility index (Phi) is 6.64. The first-order chi connectivity index (χ1) is 20.8. The van der Waals surface area contributed by atoms with Gasteiger partial charge in [-0.2, -0.15) is 0 Å². The molecule has 0 bridgehead atoms. The van der Waals surface area contributed by atoms with Crippen molar-refractivity contribution in [2.45, 2.75) is 0 Å². The predicted octanol–water partition coefficient (Wildman–Crippen LogP) is 8.91. The van der Waals surface area contributed by atoms with Crippen LogP contribution in [0.15, 0.2) is 158 Å². The summed E-state index contributed by atoms with van der Waals surface area (Å²) in [5, 5.41) is 10.5. The molecule has 0 saturated heterocycles. The van der Waals surface area contributed by atoms with Crippen molar-refractivity contribution in [2.75, 3.05) is 0 Å². The second-order valence-corrected chi connectivity index (χ2v) is 16.7. The van der Waals surface area contributed by atoms with Crippen LogP contribution >= 0.6 is 0 Å². The number of fused-ring (bicyclic) bond motifs is 4. The van der Waals surface area contributed by atoms with Gasteiger partial charge in [0, 0.05) is 0 Å². The minimum absolute atomic E-state index is 0.283. The van der Waals surface area contributed by atoms with Crippen LogP contribution in [0.2, 0.25) is 0 Å². The SMILES string of the molecule is c1ccc2c(-c3c([Se][Se]c4ccc5ccccc5c4-c4cccc5ccccc45)ccc4ccccc34)cccc2c1. The molecule has 8 aromatic carbocycles. The summed E-state index contributed by atoms with van der Waals surface area (Å²) in [7, 11) is 0.